The van der Waals surface area contributed by atoms with Crippen molar-refractivity contribution < 1.29 is 9.59 Å². The van der Waals surface area contributed by atoms with E-state index in [-0.39, 0.29) is 17.9 Å². The number of rotatable bonds is 1. The fourth-order valence-electron chi connectivity index (χ4n) is 5.73. The molecule has 0 saturated heterocycles. The second kappa shape index (κ2) is 5.54. The average Bonchev–Trinajstić information content (AvgIpc) is 2.99. The van der Waals surface area contributed by atoms with E-state index < -0.39 is 0 Å². The molecule has 2 amide bonds. The molecule has 3 heteroatoms. The molecule has 4 aromatic carbocycles. The number of hydrogen-bond acceptors (Lipinski definition) is 2. The lowest BCUT2D eigenvalue weighted by Crippen LogP contribution is -2.40. The molecule has 3 nitrogen and oxygen atoms in total. The molecule has 1 aliphatic heterocycles. The number of hydrogen-bond donors (Lipinski definition) is 0. The molecule has 136 valence electrons. The van der Waals surface area contributed by atoms with Gasteiger partial charge in [-0.15, -0.1) is 0 Å². The van der Waals surface area contributed by atoms with Crippen molar-refractivity contribution in [1.82, 2.24) is 4.90 Å². The first kappa shape index (κ1) is 15.6. The van der Waals surface area contributed by atoms with Crippen LogP contribution in [-0.2, 0) is 12.8 Å². The van der Waals surface area contributed by atoms with Crippen LogP contribution in [0.5, 0.6) is 0 Å². The quantitative estimate of drug-likeness (QED) is 0.559. The summed E-state index contributed by atoms with van der Waals surface area (Å²) >= 11 is 0. The van der Waals surface area contributed by atoms with Crippen LogP contribution in [0.3, 0.4) is 0 Å². The van der Waals surface area contributed by atoms with Crippen LogP contribution in [0.1, 0.15) is 76.8 Å². The molecular weight excluding hydrogens is 334 g/mol. The van der Waals surface area contributed by atoms with E-state index in [1.165, 1.54) is 41.2 Å². The van der Waals surface area contributed by atoms with Crippen LogP contribution in [0.2, 0.25) is 0 Å². The maximum atomic E-state index is 13.3. The molecule has 2 aliphatic carbocycles. The lowest BCUT2D eigenvalue weighted by atomic mass is 9.84. The lowest BCUT2D eigenvalue weighted by Gasteiger charge is -2.29. The molecular formula is C24H23NO2. The number of fused-ring (bicyclic) bond motifs is 2. The van der Waals surface area contributed by atoms with Gasteiger partial charge in [0.05, 0.1) is 11.1 Å². The first-order valence-corrected chi connectivity index (χ1v) is 10.5. The zero-order valence-corrected chi connectivity index (χ0v) is 15.5. The van der Waals surface area contributed by atoms with Gasteiger partial charge in [0.2, 0.25) is 0 Å². The van der Waals surface area contributed by atoms with Crippen LogP contribution in [0.4, 0.5) is 0 Å². The fourth-order valence-corrected chi connectivity index (χ4v) is 5.73. The molecule has 0 spiro atoms. The summed E-state index contributed by atoms with van der Waals surface area (Å²) < 4.78 is 0. The molecule has 0 N–H and O–H groups in total. The number of benzene rings is 4. The van der Waals surface area contributed by atoms with Gasteiger partial charge in [0.15, 0.2) is 0 Å². The molecule has 1 fully saturated rings. The third-order valence-corrected chi connectivity index (χ3v) is 7.07. The van der Waals surface area contributed by atoms with Gasteiger partial charge in [-0.1, -0.05) is 43.5 Å². The van der Waals surface area contributed by atoms with Crippen LogP contribution >= 0.6 is 0 Å². The van der Waals surface area contributed by atoms with Gasteiger partial charge in [-0.25, -0.2) is 0 Å². The van der Waals surface area contributed by atoms with Gasteiger partial charge in [0.1, 0.15) is 0 Å². The summed E-state index contributed by atoms with van der Waals surface area (Å²) in [6.07, 6.45) is 10.1. The summed E-state index contributed by atoms with van der Waals surface area (Å²) in [5.74, 6) is -0.107. The summed E-state index contributed by atoms with van der Waals surface area (Å²) in [6, 6.07) is 8.80. The number of nitrogens with zero attached hydrogens (tertiary/aromatic N) is 1. The van der Waals surface area contributed by atoms with Crippen molar-refractivity contribution >= 4 is 33.4 Å². The Labute approximate surface area is 158 Å². The number of amides is 2. The van der Waals surface area contributed by atoms with Crippen molar-refractivity contribution in [2.45, 2.75) is 63.8 Å². The normalized spacial score (nSPS) is 20.7. The molecule has 1 saturated carbocycles. The van der Waals surface area contributed by atoms with E-state index in [9.17, 15) is 9.59 Å². The number of imide groups is 1. The monoisotopic (exact) mass is 357 g/mol. The van der Waals surface area contributed by atoms with Crippen molar-refractivity contribution in [2.24, 2.45) is 0 Å². The van der Waals surface area contributed by atoms with E-state index in [0.29, 0.717) is 11.1 Å². The SMILES string of the molecule is O=C1c2c(c3ccc2c2cc4c(cc32)CCCC4)C(=O)N1C1CCCCC1. The smallest absolute Gasteiger partial charge is 0.262 e. The average molecular weight is 357 g/mol. The highest BCUT2D eigenvalue weighted by Gasteiger charge is 2.43. The van der Waals surface area contributed by atoms with E-state index in [1.54, 1.807) is 4.90 Å². The van der Waals surface area contributed by atoms with E-state index in [1.807, 2.05) is 0 Å². The van der Waals surface area contributed by atoms with Gasteiger partial charge < -0.3 is 0 Å². The third kappa shape index (κ3) is 2.03. The van der Waals surface area contributed by atoms with E-state index in [2.05, 4.69) is 24.3 Å². The van der Waals surface area contributed by atoms with E-state index in [4.69, 9.17) is 0 Å². The molecule has 0 atom stereocenters. The fraction of sp³-hybridized carbons (Fsp3) is 0.417. The number of carbonyl (C=O) groups excluding carboxylic acids is 2. The third-order valence-electron chi connectivity index (χ3n) is 7.07. The molecule has 0 radical (unpaired) electrons. The Balaban J connectivity index is 1.58. The minimum atomic E-state index is -0.0536. The van der Waals surface area contributed by atoms with Gasteiger partial charge in [0, 0.05) is 6.04 Å². The molecule has 0 unspecified atom stereocenters. The topological polar surface area (TPSA) is 37.4 Å². The Bertz CT molecular complexity index is 1030. The Morgan fingerprint density at radius 3 is 1.70 bits per heavy atom. The molecule has 2 bridgehead atoms. The highest BCUT2D eigenvalue weighted by Crippen LogP contribution is 2.43. The second-order valence-electron chi connectivity index (χ2n) is 8.56. The molecule has 27 heavy (non-hydrogen) atoms. The minimum Gasteiger partial charge on any atom is -0.271 e. The molecule has 3 aliphatic rings. The standard InChI is InChI=1S/C24H23NO2/c26-23-21-17-10-11-18(20-13-15-7-5-4-6-14(15)12-19(17)20)22(21)24(27)25(23)16-8-2-1-3-9-16/h10-13,16H,1-9H2. The van der Waals surface area contributed by atoms with Crippen molar-refractivity contribution in [3.05, 3.63) is 46.5 Å². The largest absolute Gasteiger partial charge is 0.271 e. The van der Waals surface area contributed by atoms with Crippen LogP contribution < -0.4 is 0 Å². The lowest BCUT2D eigenvalue weighted by molar-refractivity contribution is 0.0550. The van der Waals surface area contributed by atoms with Gasteiger partial charge >= 0.3 is 0 Å². The van der Waals surface area contributed by atoms with Crippen LogP contribution in [-0.4, -0.2) is 22.8 Å². The van der Waals surface area contributed by atoms with Crippen molar-refractivity contribution in [3.63, 3.8) is 0 Å². The first-order chi connectivity index (χ1) is 13.2. The predicted molar refractivity (Wildman–Crippen MR) is 107 cm³/mol. The summed E-state index contributed by atoms with van der Waals surface area (Å²) in [5.41, 5.74) is 4.20. The molecule has 1 heterocycles. The number of carbonyl (C=O) groups is 2. The summed E-state index contributed by atoms with van der Waals surface area (Å²) in [6.45, 7) is 0. The van der Waals surface area contributed by atoms with Gasteiger partial charge in [0.25, 0.3) is 11.8 Å². The van der Waals surface area contributed by atoms with Crippen molar-refractivity contribution in [2.75, 3.05) is 0 Å². The van der Waals surface area contributed by atoms with E-state index >= 15 is 0 Å². The molecule has 0 aromatic heterocycles. The van der Waals surface area contributed by atoms with Crippen LogP contribution in [0.25, 0.3) is 21.5 Å². The molecule has 4 aromatic rings. The predicted octanol–water partition coefficient (Wildman–Crippen LogP) is 5.24. The summed E-state index contributed by atoms with van der Waals surface area (Å²) in [5, 5.41) is 4.28. The summed E-state index contributed by atoms with van der Waals surface area (Å²) in [7, 11) is 0. The van der Waals surface area contributed by atoms with Crippen molar-refractivity contribution in [1.29, 1.82) is 0 Å². The van der Waals surface area contributed by atoms with Gasteiger partial charge in [-0.2, -0.15) is 0 Å². The van der Waals surface area contributed by atoms with Gasteiger partial charge in [-0.05, 0) is 71.2 Å². The Morgan fingerprint density at radius 2 is 1.19 bits per heavy atom. The summed E-state index contributed by atoms with van der Waals surface area (Å²) in [4.78, 5) is 28.2. The highest BCUT2D eigenvalue weighted by atomic mass is 16.2. The van der Waals surface area contributed by atoms with Crippen molar-refractivity contribution in [3.8, 4) is 0 Å². The minimum absolute atomic E-state index is 0.0536. The maximum absolute atomic E-state index is 13.3. The van der Waals surface area contributed by atoms with Crippen LogP contribution in [0.15, 0.2) is 24.3 Å². The zero-order valence-electron chi connectivity index (χ0n) is 15.5. The first-order valence-electron chi connectivity index (χ1n) is 10.5. The maximum Gasteiger partial charge on any atom is 0.262 e. The zero-order chi connectivity index (χ0) is 18.1. The van der Waals surface area contributed by atoms with E-state index in [0.717, 1.165) is 49.3 Å². The Morgan fingerprint density at radius 1 is 0.667 bits per heavy atom. The molecule has 7 rings (SSSR count). The Hall–Kier alpha value is -2.42. The second-order valence-corrected chi connectivity index (χ2v) is 8.56. The highest BCUT2D eigenvalue weighted by molar-refractivity contribution is 6.34. The number of aryl methyl sites for hydroxylation is 2. The van der Waals surface area contributed by atoms with Gasteiger partial charge in [-0.3, -0.25) is 14.5 Å². The van der Waals surface area contributed by atoms with Crippen LogP contribution in [0, 0.1) is 0 Å². The Kier molecular flexibility index (Phi) is 3.21.